The molecule has 0 atom stereocenters. The Hall–Kier alpha value is -2.29. The van der Waals surface area contributed by atoms with Crippen LogP contribution in [0, 0.1) is 0 Å². The van der Waals surface area contributed by atoms with Crippen molar-refractivity contribution in [2.75, 3.05) is 0 Å². The van der Waals surface area contributed by atoms with E-state index in [-0.39, 0.29) is 5.75 Å². The van der Waals surface area contributed by atoms with Gasteiger partial charge >= 0.3 is 0 Å². The van der Waals surface area contributed by atoms with Crippen LogP contribution in [0.1, 0.15) is 68.6 Å². The monoisotopic (exact) mass is 339 g/mol. The highest BCUT2D eigenvalue weighted by molar-refractivity contribution is 6.14. The zero-order chi connectivity index (χ0) is 17.9. The molecule has 2 aromatic carbocycles. The first-order valence-corrected chi connectivity index (χ1v) is 9.36. The zero-order valence-corrected chi connectivity index (χ0v) is 15.1. The third-order valence-corrected chi connectivity index (χ3v) is 4.53. The number of aromatic hydroxyl groups is 1. The van der Waals surface area contributed by atoms with Crippen molar-refractivity contribution >= 4 is 5.71 Å². The summed E-state index contributed by atoms with van der Waals surface area (Å²) in [4.78, 5) is 0. The van der Waals surface area contributed by atoms with Crippen LogP contribution in [-0.4, -0.2) is 16.0 Å². The summed E-state index contributed by atoms with van der Waals surface area (Å²) in [7, 11) is 0. The molecule has 0 amide bonds. The average molecular weight is 339 g/mol. The summed E-state index contributed by atoms with van der Waals surface area (Å²) in [6.07, 6.45) is 9.94. The van der Waals surface area contributed by atoms with E-state index in [0.717, 1.165) is 18.4 Å². The molecule has 134 valence electrons. The molecule has 2 rings (SSSR count). The van der Waals surface area contributed by atoms with Crippen LogP contribution in [0.3, 0.4) is 0 Å². The van der Waals surface area contributed by atoms with Gasteiger partial charge in [-0.05, 0) is 30.5 Å². The number of benzene rings is 2. The van der Waals surface area contributed by atoms with Crippen molar-refractivity contribution in [3.05, 3.63) is 65.2 Å². The van der Waals surface area contributed by atoms with Crippen LogP contribution in [0.4, 0.5) is 0 Å². The molecule has 0 fully saturated rings. The first-order chi connectivity index (χ1) is 12.3. The van der Waals surface area contributed by atoms with E-state index in [1.165, 1.54) is 44.1 Å². The Morgan fingerprint density at radius 3 is 2.24 bits per heavy atom. The SMILES string of the molecule is CCCCCCCCCc1ccc(O)c(/C(=N/O)c2ccccc2)c1. The van der Waals surface area contributed by atoms with E-state index in [0.29, 0.717) is 11.3 Å². The van der Waals surface area contributed by atoms with Crippen molar-refractivity contribution in [1.82, 2.24) is 0 Å². The minimum Gasteiger partial charge on any atom is -0.507 e. The predicted molar refractivity (Wildman–Crippen MR) is 104 cm³/mol. The topological polar surface area (TPSA) is 52.8 Å². The Bertz CT molecular complexity index is 665. The molecule has 3 heteroatoms. The minimum absolute atomic E-state index is 0.139. The van der Waals surface area contributed by atoms with Crippen LogP contribution < -0.4 is 0 Å². The van der Waals surface area contributed by atoms with Gasteiger partial charge in [0.15, 0.2) is 0 Å². The van der Waals surface area contributed by atoms with Crippen molar-refractivity contribution < 1.29 is 10.3 Å². The molecule has 0 aromatic heterocycles. The summed E-state index contributed by atoms with van der Waals surface area (Å²) in [5.41, 5.74) is 2.93. The smallest absolute Gasteiger partial charge is 0.125 e. The molecule has 3 nitrogen and oxygen atoms in total. The lowest BCUT2D eigenvalue weighted by molar-refractivity contribution is 0.319. The fourth-order valence-corrected chi connectivity index (χ4v) is 3.08. The molecule has 0 spiro atoms. The van der Waals surface area contributed by atoms with Crippen molar-refractivity contribution in [1.29, 1.82) is 0 Å². The molecule has 0 aliphatic carbocycles. The van der Waals surface area contributed by atoms with E-state index in [2.05, 4.69) is 12.1 Å². The van der Waals surface area contributed by atoms with Crippen molar-refractivity contribution in [3.8, 4) is 5.75 Å². The van der Waals surface area contributed by atoms with Gasteiger partial charge in [-0.15, -0.1) is 0 Å². The van der Waals surface area contributed by atoms with Gasteiger partial charge in [0.2, 0.25) is 0 Å². The van der Waals surface area contributed by atoms with Gasteiger partial charge in [-0.1, -0.05) is 87.0 Å². The van der Waals surface area contributed by atoms with E-state index in [4.69, 9.17) is 0 Å². The lowest BCUT2D eigenvalue weighted by Crippen LogP contribution is -2.04. The van der Waals surface area contributed by atoms with Gasteiger partial charge in [-0.25, -0.2) is 0 Å². The summed E-state index contributed by atoms with van der Waals surface area (Å²) in [5, 5.41) is 23.1. The molecule has 2 aromatic rings. The predicted octanol–water partition coefficient (Wildman–Crippen LogP) is 5.91. The second kappa shape index (κ2) is 10.5. The van der Waals surface area contributed by atoms with Crippen LogP contribution in [0.5, 0.6) is 5.75 Å². The highest BCUT2D eigenvalue weighted by Gasteiger charge is 2.13. The second-order valence-corrected chi connectivity index (χ2v) is 6.54. The van der Waals surface area contributed by atoms with Crippen LogP contribution in [0.25, 0.3) is 0 Å². The third-order valence-electron chi connectivity index (χ3n) is 4.53. The maximum absolute atomic E-state index is 10.2. The number of oxime groups is 1. The number of hydrogen-bond donors (Lipinski definition) is 2. The first kappa shape index (κ1) is 19.0. The van der Waals surface area contributed by atoms with E-state index < -0.39 is 0 Å². The molecule has 25 heavy (non-hydrogen) atoms. The van der Waals surface area contributed by atoms with E-state index >= 15 is 0 Å². The number of phenols is 1. The molecule has 0 radical (unpaired) electrons. The third kappa shape index (κ3) is 5.93. The molecule has 0 saturated heterocycles. The number of hydrogen-bond acceptors (Lipinski definition) is 3. The standard InChI is InChI=1S/C22H29NO2/c1-2-3-4-5-6-7-9-12-18-15-16-21(24)20(17-18)22(23-25)19-13-10-8-11-14-19/h8,10-11,13-17,24-25H,2-7,9,12H2,1H3/b23-22+. The molecule has 0 saturated carbocycles. The average Bonchev–Trinajstić information content (AvgIpc) is 2.65. The maximum atomic E-state index is 10.2. The quantitative estimate of drug-likeness (QED) is 0.245. The summed E-state index contributed by atoms with van der Waals surface area (Å²) in [6, 6.07) is 15.0. The Morgan fingerprint density at radius 1 is 0.880 bits per heavy atom. The van der Waals surface area contributed by atoms with Crippen molar-refractivity contribution in [2.24, 2.45) is 5.16 Å². The van der Waals surface area contributed by atoms with E-state index in [1.54, 1.807) is 6.07 Å². The number of aryl methyl sites for hydroxylation is 1. The van der Waals surface area contributed by atoms with Crippen LogP contribution in [0.2, 0.25) is 0 Å². The molecule has 0 unspecified atom stereocenters. The molecule has 0 heterocycles. The number of phenolic OH excluding ortho intramolecular Hbond substituents is 1. The van der Waals surface area contributed by atoms with Crippen LogP contribution in [0.15, 0.2) is 53.7 Å². The molecule has 0 aliphatic heterocycles. The van der Waals surface area contributed by atoms with Crippen molar-refractivity contribution in [2.45, 2.75) is 58.3 Å². The van der Waals surface area contributed by atoms with Gasteiger partial charge in [0.05, 0.1) is 0 Å². The number of unbranched alkanes of at least 4 members (excludes halogenated alkanes) is 6. The molecular formula is C22H29NO2. The van der Waals surface area contributed by atoms with Gasteiger partial charge in [-0.3, -0.25) is 0 Å². The Balaban J connectivity index is 1.98. The lowest BCUT2D eigenvalue weighted by Gasteiger charge is -2.10. The fourth-order valence-electron chi connectivity index (χ4n) is 3.08. The van der Waals surface area contributed by atoms with Gasteiger partial charge < -0.3 is 10.3 Å². The van der Waals surface area contributed by atoms with Gasteiger partial charge in [-0.2, -0.15) is 0 Å². The van der Waals surface area contributed by atoms with Gasteiger partial charge in [0, 0.05) is 11.1 Å². The second-order valence-electron chi connectivity index (χ2n) is 6.54. The number of nitrogens with zero attached hydrogens (tertiary/aromatic N) is 1. The van der Waals surface area contributed by atoms with Gasteiger partial charge in [0.1, 0.15) is 11.5 Å². The number of rotatable bonds is 10. The summed E-state index contributed by atoms with van der Waals surface area (Å²) >= 11 is 0. The van der Waals surface area contributed by atoms with Crippen LogP contribution >= 0.6 is 0 Å². The first-order valence-electron chi connectivity index (χ1n) is 9.36. The van der Waals surface area contributed by atoms with Crippen LogP contribution in [-0.2, 0) is 6.42 Å². The fraction of sp³-hybridized carbons (Fsp3) is 0.409. The maximum Gasteiger partial charge on any atom is 0.125 e. The summed E-state index contributed by atoms with van der Waals surface area (Å²) < 4.78 is 0. The van der Waals surface area contributed by atoms with E-state index in [1.807, 2.05) is 42.5 Å². The minimum atomic E-state index is 0.139. The Labute approximate surface area is 151 Å². The van der Waals surface area contributed by atoms with Crippen molar-refractivity contribution in [3.63, 3.8) is 0 Å². The summed E-state index contributed by atoms with van der Waals surface area (Å²) in [5.74, 6) is 0.139. The Morgan fingerprint density at radius 2 is 1.56 bits per heavy atom. The van der Waals surface area contributed by atoms with Gasteiger partial charge in [0.25, 0.3) is 0 Å². The lowest BCUT2D eigenvalue weighted by atomic mass is 9.97. The molecule has 2 N–H and O–H groups in total. The highest BCUT2D eigenvalue weighted by Crippen LogP contribution is 2.24. The zero-order valence-electron chi connectivity index (χ0n) is 15.1. The van der Waals surface area contributed by atoms with E-state index in [9.17, 15) is 10.3 Å². The molecule has 0 aliphatic rings. The molecule has 0 bridgehead atoms. The highest BCUT2D eigenvalue weighted by atomic mass is 16.4. The largest absolute Gasteiger partial charge is 0.507 e. The Kier molecular flexibility index (Phi) is 8.03. The molecular weight excluding hydrogens is 310 g/mol. The summed E-state index contributed by atoms with van der Waals surface area (Å²) in [6.45, 7) is 2.24. The normalized spacial score (nSPS) is 11.6.